The monoisotopic (exact) mass is 994 g/mol. The molecule has 70 heavy (non-hydrogen) atoms. The van der Waals surface area contributed by atoms with Gasteiger partial charge in [-0.1, -0.05) is 58.0 Å². The van der Waals surface area contributed by atoms with E-state index in [1.807, 2.05) is 0 Å². The number of esters is 3. The van der Waals surface area contributed by atoms with E-state index in [2.05, 4.69) is 79.3 Å². The van der Waals surface area contributed by atoms with Crippen LogP contribution in [0.1, 0.15) is 6.92 Å². The maximum Gasteiger partial charge on any atom is 0.330 e. The third-order valence-corrected chi connectivity index (χ3v) is 8.20. The number of ether oxygens (including phenoxy) is 14. The lowest BCUT2D eigenvalue weighted by Crippen LogP contribution is -2.43. The van der Waals surface area contributed by atoms with E-state index in [4.69, 9.17) is 56.8 Å². The van der Waals surface area contributed by atoms with Crippen molar-refractivity contribution in [2.24, 2.45) is 10.4 Å². The lowest BCUT2D eigenvalue weighted by Gasteiger charge is -2.37. The average Bonchev–Trinajstić information content (AvgIpc) is 4.10. The molecule has 0 aliphatic carbocycles. The molecule has 7 rings (SSSR count). The Morgan fingerprint density at radius 1 is 0.629 bits per heavy atom. The molecular weight excluding hydrogens is 921 g/mol. The summed E-state index contributed by atoms with van der Waals surface area (Å²) in [5, 5.41) is 2.61. The quantitative estimate of drug-likeness (QED) is 0.0151. The maximum atomic E-state index is 10.5. The molecule has 0 radical (unpaired) electrons. The molecule has 4 unspecified atom stereocenters. The van der Waals surface area contributed by atoms with Gasteiger partial charge >= 0.3 is 17.9 Å². The minimum Gasteiger partial charge on any atom is -0.499 e. The third-order valence-electron chi connectivity index (χ3n) is 8.20. The molecule has 0 aromatic heterocycles. The van der Waals surface area contributed by atoms with Crippen LogP contribution in [-0.4, -0.2) is 199 Å². The van der Waals surface area contributed by atoms with Gasteiger partial charge in [0, 0.05) is 30.2 Å². The maximum absolute atomic E-state index is 10.5. The number of carbonyl (C=O) groups excluding carboxylic acids is 5. The summed E-state index contributed by atoms with van der Waals surface area (Å²) in [6.45, 7) is 42.0. The van der Waals surface area contributed by atoms with Gasteiger partial charge in [0.1, 0.15) is 50.3 Å². The first-order valence-electron chi connectivity index (χ1n) is 22.2. The predicted molar refractivity (Wildman–Crippen MR) is 256 cm³/mol. The van der Waals surface area contributed by atoms with Crippen LogP contribution in [0.3, 0.4) is 0 Å². The Hall–Kier alpha value is -5.42. The Kier molecular flexibility index (Phi) is 40.2. The molecule has 21 heteroatoms. The van der Waals surface area contributed by atoms with Crippen molar-refractivity contribution in [1.82, 2.24) is 5.32 Å². The van der Waals surface area contributed by atoms with Crippen LogP contribution in [0.15, 0.2) is 106 Å². The van der Waals surface area contributed by atoms with Crippen LogP contribution in [0, 0.1) is 5.41 Å². The van der Waals surface area contributed by atoms with Crippen LogP contribution in [0.25, 0.3) is 0 Å². The van der Waals surface area contributed by atoms with E-state index in [1.54, 1.807) is 18.2 Å². The van der Waals surface area contributed by atoms with Gasteiger partial charge in [0.15, 0.2) is 0 Å². The molecule has 0 aromatic rings. The molecule has 1 amide bonds. The molecule has 21 nitrogen and oxygen atoms in total. The number of isocyanates is 1. The molecule has 7 aliphatic rings. The Morgan fingerprint density at radius 2 is 1.14 bits per heavy atom. The first-order valence-corrected chi connectivity index (χ1v) is 22.2. The molecule has 7 saturated heterocycles. The number of amides is 1. The number of rotatable bonds is 26. The van der Waals surface area contributed by atoms with Crippen LogP contribution in [-0.2, 0) is 90.3 Å². The number of epoxide rings is 4. The zero-order valence-corrected chi connectivity index (χ0v) is 40.6. The predicted octanol–water partition coefficient (Wildman–Crippen LogP) is 2.91. The minimum atomic E-state index is -0.513. The highest BCUT2D eigenvalue weighted by atomic mass is 16.6. The first-order chi connectivity index (χ1) is 33.8. The van der Waals surface area contributed by atoms with Crippen molar-refractivity contribution in [1.29, 1.82) is 0 Å². The van der Waals surface area contributed by atoms with Gasteiger partial charge in [0.05, 0.1) is 118 Å². The van der Waals surface area contributed by atoms with Crippen LogP contribution >= 0.6 is 0 Å². The van der Waals surface area contributed by atoms with Crippen molar-refractivity contribution in [3.63, 3.8) is 0 Å². The number of nitrogens with one attached hydrogen (secondary N) is 1. The molecule has 0 aromatic carbocycles. The van der Waals surface area contributed by atoms with Gasteiger partial charge in [-0.3, -0.25) is 4.79 Å². The number of aliphatic imine (C=N–C) groups is 1. The highest BCUT2D eigenvalue weighted by molar-refractivity contribution is 5.86. The summed E-state index contributed by atoms with van der Waals surface area (Å²) in [6.07, 6.45) is 14.1. The largest absolute Gasteiger partial charge is 0.499 e. The fourth-order valence-electron chi connectivity index (χ4n) is 3.89. The fourth-order valence-corrected chi connectivity index (χ4v) is 3.89. The SMILES string of the molecule is C=CC(=O)NCC1CO1.C=CC(=O)OC1COC1.C=CC(=O)OCC1CO1.C=CC(=O)OCCN=C=O.C=CCOC1COC1.C=CCOCC1(C)COC1.C=CCOCC1CO1.C=COCC1CO1. The van der Waals surface area contributed by atoms with E-state index >= 15 is 0 Å². The second-order valence-corrected chi connectivity index (χ2v) is 15.0. The van der Waals surface area contributed by atoms with Gasteiger partial charge in [0.25, 0.3) is 0 Å². The van der Waals surface area contributed by atoms with E-state index < -0.39 is 5.97 Å². The van der Waals surface area contributed by atoms with Crippen molar-refractivity contribution in [3.05, 3.63) is 101 Å². The van der Waals surface area contributed by atoms with Crippen molar-refractivity contribution >= 4 is 29.9 Å². The lowest BCUT2D eigenvalue weighted by molar-refractivity contribution is -0.166. The zero-order chi connectivity index (χ0) is 52.1. The van der Waals surface area contributed by atoms with Gasteiger partial charge in [-0.15, -0.1) is 19.7 Å². The smallest absolute Gasteiger partial charge is 0.330 e. The lowest BCUT2D eigenvalue weighted by atomic mass is 9.90. The van der Waals surface area contributed by atoms with Crippen LogP contribution in [0.4, 0.5) is 0 Å². The molecule has 0 spiro atoms. The highest BCUT2D eigenvalue weighted by Gasteiger charge is 2.33. The summed E-state index contributed by atoms with van der Waals surface area (Å²) in [4.78, 5) is 54.1. The second-order valence-electron chi connectivity index (χ2n) is 15.0. The van der Waals surface area contributed by atoms with E-state index in [0.717, 1.165) is 77.7 Å². The molecular formula is C49H74N2O19. The Morgan fingerprint density at radius 3 is 1.57 bits per heavy atom. The van der Waals surface area contributed by atoms with Crippen LogP contribution < -0.4 is 5.32 Å². The summed E-state index contributed by atoms with van der Waals surface area (Å²) in [5.74, 6) is -1.40. The highest BCUT2D eigenvalue weighted by Crippen LogP contribution is 2.26. The average molecular weight is 995 g/mol. The Labute approximate surface area is 412 Å². The van der Waals surface area contributed by atoms with Crippen molar-refractivity contribution in [2.45, 2.75) is 43.5 Å². The molecule has 7 fully saturated rings. The summed E-state index contributed by atoms with van der Waals surface area (Å²) in [6, 6.07) is 0. The summed E-state index contributed by atoms with van der Waals surface area (Å²) in [7, 11) is 0. The van der Waals surface area contributed by atoms with E-state index in [9.17, 15) is 24.0 Å². The fraction of sp³-hybridized carbons (Fsp3) is 0.571. The minimum absolute atomic E-state index is 0.0319. The normalized spacial score (nSPS) is 20.2. The topological polar surface area (TPSA) is 252 Å². The summed E-state index contributed by atoms with van der Waals surface area (Å²) >= 11 is 0. The van der Waals surface area contributed by atoms with Crippen LogP contribution in [0.2, 0.25) is 0 Å². The van der Waals surface area contributed by atoms with E-state index in [0.29, 0.717) is 77.7 Å². The van der Waals surface area contributed by atoms with Crippen LogP contribution in [0.5, 0.6) is 0 Å². The van der Waals surface area contributed by atoms with Crippen molar-refractivity contribution < 1.29 is 90.3 Å². The van der Waals surface area contributed by atoms with Gasteiger partial charge in [-0.25, -0.2) is 24.2 Å². The molecule has 394 valence electrons. The van der Waals surface area contributed by atoms with Crippen molar-refractivity contribution in [2.75, 3.05) is 132 Å². The number of nitrogens with zero attached hydrogens (tertiary/aromatic N) is 1. The molecule has 0 bridgehead atoms. The molecule has 7 heterocycles. The van der Waals surface area contributed by atoms with Crippen molar-refractivity contribution in [3.8, 4) is 0 Å². The summed E-state index contributed by atoms with van der Waals surface area (Å²) in [5.41, 5.74) is 0.281. The number of hydrogen-bond acceptors (Lipinski definition) is 20. The zero-order valence-electron chi connectivity index (χ0n) is 40.6. The summed E-state index contributed by atoms with van der Waals surface area (Å²) < 4.78 is 68.3. The number of hydrogen-bond donors (Lipinski definition) is 1. The third kappa shape index (κ3) is 43.8. The van der Waals surface area contributed by atoms with Gasteiger partial charge in [-0.05, 0) is 6.08 Å². The first kappa shape index (κ1) is 64.6. The second kappa shape index (κ2) is 43.6. The molecule has 0 saturated carbocycles. The van der Waals surface area contributed by atoms with Gasteiger partial charge in [0.2, 0.25) is 12.0 Å². The Bertz CT molecular complexity index is 1540. The Balaban J connectivity index is 0.000000779. The van der Waals surface area contributed by atoms with Gasteiger partial charge < -0.3 is 71.6 Å². The standard InChI is InChI=1S/C8H14O2.C6H7NO3.C6H9NO2.2C6H8O3.2C6H10O2.C5H8O2/c1-3-4-9-5-8(2)6-10-7-8;1-2-6(9)10-4-3-7-5-8;1-2-6(8)7-3-5-4-9-5;1-2-6(7)9-4-5-3-8-5;1-2-6(7)9-5-3-8-4-5;1-2-3-8-6-4-7-5-6;1-2-3-7-4-6-5-8-6;1-2-6-3-5-4-7-5/h3H,1,4-7H2,2H3;2H,1,3-4H2;2,5H,1,3-4H2,(H,7,8);2*2,5H,1,3-4H2;2*2,6H,1,3-5H2;2,5H,1,3-4H2. The van der Waals surface area contributed by atoms with E-state index in [-0.39, 0.29) is 54.7 Å². The molecule has 4 atom stereocenters. The van der Waals surface area contributed by atoms with Gasteiger partial charge in [-0.2, -0.15) is 0 Å². The molecule has 1 N–H and O–H groups in total. The van der Waals surface area contributed by atoms with E-state index in [1.165, 1.54) is 18.4 Å². The number of carbonyl (C=O) groups is 4. The molecule has 7 aliphatic heterocycles.